The average molecular weight is 487 g/mol. The summed E-state index contributed by atoms with van der Waals surface area (Å²) in [5.41, 5.74) is 0.773. The number of nitrogens with one attached hydrogen (secondary N) is 1. The third-order valence-corrected chi connectivity index (χ3v) is 6.33. The summed E-state index contributed by atoms with van der Waals surface area (Å²) in [4.78, 5) is 24.1. The van der Waals surface area contributed by atoms with Crippen LogP contribution in [0.1, 0.15) is 13.3 Å². The third kappa shape index (κ3) is 5.89. The van der Waals surface area contributed by atoms with Gasteiger partial charge in [-0.15, -0.1) is 0 Å². The van der Waals surface area contributed by atoms with Crippen molar-refractivity contribution < 1.29 is 19.0 Å². The molecule has 10 nitrogen and oxygen atoms in total. The minimum Gasteiger partial charge on any atom is -0.493 e. The van der Waals surface area contributed by atoms with Gasteiger partial charge in [0.2, 0.25) is 0 Å². The standard InChI is InChI=1S/C23H30N6O4S/c1-3-14-34-23-26-21(28-10-12-32-13-11-28)17-15-25-29(22(17)27-23)9-8-24-20(30)16-33-19-7-5-4-6-18(19)31-2/h4-7,15H,3,8-14,16H2,1-2H3,(H,24,30). The van der Waals surface area contributed by atoms with Crippen LogP contribution in [0.5, 0.6) is 11.5 Å². The van der Waals surface area contributed by atoms with Gasteiger partial charge >= 0.3 is 0 Å². The van der Waals surface area contributed by atoms with Crippen molar-refractivity contribution in [1.29, 1.82) is 0 Å². The lowest BCUT2D eigenvalue weighted by atomic mass is 10.3. The Morgan fingerprint density at radius 1 is 1.21 bits per heavy atom. The number of hydrogen-bond donors (Lipinski definition) is 1. The van der Waals surface area contributed by atoms with Gasteiger partial charge in [-0.05, 0) is 18.6 Å². The molecule has 1 amide bonds. The number of anilines is 1. The van der Waals surface area contributed by atoms with Crippen LogP contribution in [0.2, 0.25) is 0 Å². The lowest BCUT2D eigenvalue weighted by Crippen LogP contribution is -2.37. The van der Waals surface area contributed by atoms with Crippen molar-refractivity contribution in [2.45, 2.75) is 25.0 Å². The Morgan fingerprint density at radius 2 is 2.00 bits per heavy atom. The van der Waals surface area contributed by atoms with Crippen LogP contribution in [0.25, 0.3) is 11.0 Å². The van der Waals surface area contributed by atoms with Crippen LogP contribution in [0, 0.1) is 0 Å². The van der Waals surface area contributed by atoms with E-state index in [0.717, 1.165) is 47.3 Å². The maximum atomic E-state index is 12.3. The summed E-state index contributed by atoms with van der Waals surface area (Å²) in [6, 6.07) is 7.23. The summed E-state index contributed by atoms with van der Waals surface area (Å²) in [6.07, 6.45) is 2.85. The number of amides is 1. The van der Waals surface area contributed by atoms with Crippen molar-refractivity contribution in [2.24, 2.45) is 0 Å². The van der Waals surface area contributed by atoms with Crippen molar-refractivity contribution in [3.63, 3.8) is 0 Å². The van der Waals surface area contributed by atoms with Gasteiger partial charge in [-0.2, -0.15) is 5.10 Å². The van der Waals surface area contributed by atoms with Crippen molar-refractivity contribution >= 4 is 34.5 Å². The summed E-state index contributed by atoms with van der Waals surface area (Å²) < 4.78 is 18.1. The zero-order chi connectivity index (χ0) is 23.8. The van der Waals surface area contributed by atoms with Gasteiger partial charge < -0.3 is 24.4 Å². The first-order valence-electron chi connectivity index (χ1n) is 11.4. The second kappa shape index (κ2) is 11.9. The van der Waals surface area contributed by atoms with Crippen LogP contribution < -0.4 is 19.7 Å². The monoisotopic (exact) mass is 486 g/mol. The van der Waals surface area contributed by atoms with Gasteiger partial charge in [-0.1, -0.05) is 30.8 Å². The number of ether oxygens (including phenoxy) is 3. The normalized spacial score (nSPS) is 13.8. The van der Waals surface area contributed by atoms with E-state index in [2.05, 4.69) is 22.2 Å². The second-order valence-electron chi connectivity index (χ2n) is 7.67. The van der Waals surface area contributed by atoms with E-state index in [1.165, 1.54) is 0 Å². The largest absolute Gasteiger partial charge is 0.493 e. The van der Waals surface area contributed by atoms with E-state index in [4.69, 9.17) is 24.2 Å². The number of para-hydroxylation sites is 2. The maximum Gasteiger partial charge on any atom is 0.258 e. The highest BCUT2D eigenvalue weighted by molar-refractivity contribution is 7.99. The van der Waals surface area contributed by atoms with Crippen LogP contribution in [0.3, 0.4) is 0 Å². The summed E-state index contributed by atoms with van der Waals surface area (Å²) in [6.45, 7) is 5.87. The van der Waals surface area contributed by atoms with E-state index in [1.807, 2.05) is 16.8 Å². The van der Waals surface area contributed by atoms with Crippen LogP contribution in [-0.2, 0) is 16.1 Å². The van der Waals surface area contributed by atoms with E-state index in [-0.39, 0.29) is 12.5 Å². The number of rotatable bonds is 11. The highest BCUT2D eigenvalue weighted by atomic mass is 32.2. The summed E-state index contributed by atoms with van der Waals surface area (Å²) in [5, 5.41) is 9.07. The lowest BCUT2D eigenvalue weighted by Gasteiger charge is -2.28. The fraction of sp³-hybridized carbons (Fsp3) is 0.478. The molecule has 0 atom stereocenters. The molecule has 34 heavy (non-hydrogen) atoms. The number of carbonyl (C=O) groups is 1. The zero-order valence-electron chi connectivity index (χ0n) is 19.5. The molecule has 1 saturated heterocycles. The Balaban J connectivity index is 1.40. The number of nitrogens with zero attached hydrogens (tertiary/aromatic N) is 5. The number of morpholine rings is 1. The molecule has 11 heteroatoms. The molecule has 3 aromatic rings. The molecule has 0 radical (unpaired) electrons. The molecule has 1 aromatic carbocycles. The number of thioether (sulfide) groups is 1. The van der Waals surface area contributed by atoms with Crippen molar-refractivity contribution in [3.05, 3.63) is 30.5 Å². The molecule has 4 rings (SSSR count). The minimum absolute atomic E-state index is 0.0958. The number of hydrogen-bond acceptors (Lipinski definition) is 9. The molecular weight excluding hydrogens is 456 g/mol. The van der Waals surface area contributed by atoms with E-state index in [1.54, 1.807) is 37.2 Å². The fourth-order valence-electron chi connectivity index (χ4n) is 3.59. The van der Waals surface area contributed by atoms with Gasteiger partial charge in [0.05, 0.1) is 38.5 Å². The minimum atomic E-state index is -0.217. The number of fused-ring (bicyclic) bond motifs is 1. The average Bonchev–Trinajstić information content (AvgIpc) is 3.29. The molecule has 0 aliphatic carbocycles. The third-order valence-electron chi connectivity index (χ3n) is 5.28. The van der Waals surface area contributed by atoms with Gasteiger partial charge in [-0.3, -0.25) is 4.79 Å². The summed E-state index contributed by atoms with van der Waals surface area (Å²) in [7, 11) is 1.57. The highest BCUT2D eigenvalue weighted by Crippen LogP contribution is 2.28. The van der Waals surface area contributed by atoms with Crippen LogP contribution >= 0.6 is 11.8 Å². The van der Waals surface area contributed by atoms with Gasteiger partial charge in [0.15, 0.2) is 28.9 Å². The zero-order valence-corrected chi connectivity index (χ0v) is 20.3. The Labute approximate surface area is 203 Å². The van der Waals surface area contributed by atoms with Crippen molar-refractivity contribution in [3.8, 4) is 11.5 Å². The maximum absolute atomic E-state index is 12.3. The first-order valence-corrected chi connectivity index (χ1v) is 12.4. The number of aromatic nitrogens is 4. The van der Waals surface area contributed by atoms with Crippen LogP contribution in [0.4, 0.5) is 5.82 Å². The Hall–Kier alpha value is -3.05. The molecule has 1 aliphatic rings. The molecule has 3 heterocycles. The topological polar surface area (TPSA) is 104 Å². The Morgan fingerprint density at radius 3 is 2.76 bits per heavy atom. The summed E-state index contributed by atoms with van der Waals surface area (Å²) in [5.74, 6) is 2.75. The number of carbonyl (C=O) groups excluding carboxylic acids is 1. The van der Waals surface area contributed by atoms with E-state index in [0.29, 0.717) is 37.8 Å². The number of benzene rings is 1. The highest BCUT2D eigenvalue weighted by Gasteiger charge is 2.20. The molecule has 1 N–H and O–H groups in total. The predicted octanol–water partition coefficient (Wildman–Crippen LogP) is 2.37. The van der Waals surface area contributed by atoms with E-state index in [9.17, 15) is 4.79 Å². The molecule has 1 aliphatic heterocycles. The van der Waals surface area contributed by atoms with Crippen molar-refractivity contribution in [1.82, 2.24) is 25.1 Å². The molecule has 0 bridgehead atoms. The van der Waals surface area contributed by atoms with E-state index >= 15 is 0 Å². The second-order valence-corrected chi connectivity index (χ2v) is 8.73. The molecule has 0 unspecified atom stereocenters. The predicted molar refractivity (Wildman–Crippen MR) is 131 cm³/mol. The smallest absolute Gasteiger partial charge is 0.258 e. The van der Waals surface area contributed by atoms with E-state index < -0.39 is 0 Å². The first-order chi connectivity index (χ1) is 16.7. The summed E-state index contributed by atoms with van der Waals surface area (Å²) >= 11 is 1.64. The van der Waals surface area contributed by atoms with Gasteiger partial charge in [-0.25, -0.2) is 14.6 Å². The fourth-order valence-corrected chi connectivity index (χ4v) is 4.28. The quantitative estimate of drug-likeness (QED) is 0.323. The van der Waals surface area contributed by atoms with Gasteiger partial charge in [0.1, 0.15) is 5.82 Å². The Bertz CT molecular complexity index is 1100. The molecule has 2 aromatic heterocycles. The SMILES string of the molecule is CCCSc1nc(N2CCOCC2)c2cnn(CCNC(=O)COc3ccccc3OC)c2n1. The molecule has 0 spiro atoms. The van der Waals surface area contributed by atoms with Gasteiger partial charge in [0.25, 0.3) is 5.91 Å². The van der Waals surface area contributed by atoms with Crippen LogP contribution in [-0.4, -0.2) is 78.0 Å². The van der Waals surface area contributed by atoms with Gasteiger partial charge in [0, 0.05) is 25.4 Å². The lowest BCUT2D eigenvalue weighted by molar-refractivity contribution is -0.123. The number of methoxy groups -OCH3 is 1. The molecule has 1 fully saturated rings. The van der Waals surface area contributed by atoms with Crippen LogP contribution in [0.15, 0.2) is 35.6 Å². The van der Waals surface area contributed by atoms with Crippen molar-refractivity contribution in [2.75, 3.05) is 57.2 Å². The Kier molecular flexibility index (Phi) is 8.42. The molecular formula is C23H30N6O4S. The molecule has 0 saturated carbocycles. The molecule has 182 valence electrons. The first kappa shape index (κ1) is 24.1.